The van der Waals surface area contributed by atoms with Crippen molar-refractivity contribution in [3.63, 3.8) is 0 Å². The van der Waals surface area contributed by atoms with Crippen LogP contribution < -0.4 is 21.3 Å². The van der Waals surface area contributed by atoms with Crippen molar-refractivity contribution in [1.82, 2.24) is 21.3 Å². The third-order valence-corrected chi connectivity index (χ3v) is 6.67. The molecule has 4 amide bonds. The highest BCUT2D eigenvalue weighted by molar-refractivity contribution is 6.00. The van der Waals surface area contributed by atoms with Gasteiger partial charge < -0.3 is 21.3 Å². The molecule has 0 radical (unpaired) electrons. The zero-order valence-electron chi connectivity index (χ0n) is 21.7. The molecule has 5 aliphatic rings. The smallest absolute Gasteiger partial charge is 0.251 e. The summed E-state index contributed by atoms with van der Waals surface area (Å²) in [4.78, 5) is 51.0. The minimum atomic E-state index is -0.293. The van der Waals surface area contributed by atoms with Crippen molar-refractivity contribution >= 4 is 23.6 Å². The van der Waals surface area contributed by atoms with Gasteiger partial charge in [0.05, 0.1) is 6.54 Å². The maximum Gasteiger partial charge on any atom is 0.251 e. The van der Waals surface area contributed by atoms with Crippen molar-refractivity contribution in [2.75, 3.05) is 13.1 Å². The van der Waals surface area contributed by atoms with E-state index in [4.69, 9.17) is 0 Å². The Labute approximate surface area is 231 Å². The second-order valence-electron chi connectivity index (χ2n) is 9.60. The highest BCUT2D eigenvalue weighted by Crippen LogP contribution is 2.12. The van der Waals surface area contributed by atoms with Crippen molar-refractivity contribution in [3.05, 3.63) is 136 Å². The highest BCUT2D eigenvalue weighted by atomic mass is 16.2. The van der Waals surface area contributed by atoms with Crippen LogP contribution >= 0.6 is 0 Å². The summed E-state index contributed by atoms with van der Waals surface area (Å²) in [6.07, 6.45) is 5.64. The van der Waals surface area contributed by atoms with Gasteiger partial charge in [-0.25, -0.2) is 0 Å². The van der Waals surface area contributed by atoms with Gasteiger partial charge in [0.2, 0.25) is 0 Å². The monoisotopic (exact) mass is 532 g/mol. The first kappa shape index (κ1) is 26.4. The maximum atomic E-state index is 12.7. The molecule has 0 saturated carbocycles. The number of carbonyl (C=O) groups is 4. The van der Waals surface area contributed by atoms with Crippen LogP contribution in [0, 0.1) is 5.92 Å². The van der Waals surface area contributed by atoms with Gasteiger partial charge in [0.1, 0.15) is 0 Å². The summed E-state index contributed by atoms with van der Waals surface area (Å²) in [5.74, 6) is -1.19. The summed E-state index contributed by atoms with van der Waals surface area (Å²) in [6.45, 7) is 1.26. The van der Waals surface area contributed by atoms with Gasteiger partial charge in [0.15, 0.2) is 0 Å². The van der Waals surface area contributed by atoms with Crippen LogP contribution in [0.3, 0.4) is 0 Å². The number of nitrogens with one attached hydrogen (secondary N) is 4. The Morgan fingerprint density at radius 3 is 1.48 bits per heavy atom. The number of benzene rings is 3. The van der Waals surface area contributed by atoms with Crippen LogP contribution in [-0.4, -0.2) is 36.7 Å². The molecular formula is C32H28N4O4. The Bertz CT molecular complexity index is 1570. The van der Waals surface area contributed by atoms with Gasteiger partial charge in [-0.3, -0.25) is 19.2 Å². The van der Waals surface area contributed by atoms with E-state index in [1.165, 1.54) is 0 Å². The van der Waals surface area contributed by atoms with Crippen LogP contribution in [0.1, 0.15) is 52.6 Å². The minimum Gasteiger partial charge on any atom is -0.351 e. The first-order valence-corrected chi connectivity index (χ1v) is 13.0. The van der Waals surface area contributed by atoms with Gasteiger partial charge in [0.25, 0.3) is 23.6 Å². The van der Waals surface area contributed by atoms with E-state index in [2.05, 4.69) is 27.0 Å². The molecule has 0 spiro atoms. The summed E-state index contributed by atoms with van der Waals surface area (Å²) < 4.78 is 0. The van der Waals surface area contributed by atoms with Crippen LogP contribution in [0.2, 0.25) is 0 Å². The van der Waals surface area contributed by atoms with E-state index in [1.54, 1.807) is 48.5 Å². The molecule has 4 heterocycles. The lowest BCUT2D eigenvalue weighted by molar-refractivity contribution is 0.0936. The van der Waals surface area contributed by atoms with Gasteiger partial charge in [0, 0.05) is 53.4 Å². The number of rotatable bonds is 0. The van der Waals surface area contributed by atoms with Crippen LogP contribution in [-0.2, 0) is 13.1 Å². The Hall–Kier alpha value is -5.20. The Morgan fingerprint density at radius 2 is 1.02 bits per heavy atom. The lowest BCUT2D eigenvalue weighted by Crippen LogP contribution is -2.29. The van der Waals surface area contributed by atoms with Gasteiger partial charge in [-0.1, -0.05) is 48.6 Å². The molecule has 8 nitrogen and oxygen atoms in total. The maximum absolute atomic E-state index is 12.7. The fraction of sp³-hybridized carbons (Fsp3) is 0.156. The van der Waals surface area contributed by atoms with E-state index in [0.717, 1.165) is 16.7 Å². The average Bonchev–Trinajstić information content (AvgIpc) is 3.00. The largest absolute Gasteiger partial charge is 0.351 e. The van der Waals surface area contributed by atoms with E-state index in [9.17, 15) is 19.2 Å². The predicted molar refractivity (Wildman–Crippen MR) is 151 cm³/mol. The molecule has 40 heavy (non-hydrogen) atoms. The van der Waals surface area contributed by atoms with Crippen molar-refractivity contribution in [2.45, 2.75) is 13.1 Å². The number of amides is 4. The lowest BCUT2D eigenvalue weighted by Gasteiger charge is -2.13. The second-order valence-corrected chi connectivity index (χ2v) is 9.60. The predicted octanol–water partition coefficient (Wildman–Crippen LogP) is 3.29. The summed E-state index contributed by atoms with van der Waals surface area (Å²) in [7, 11) is 0. The molecule has 200 valence electrons. The van der Waals surface area contributed by atoms with E-state index in [-0.39, 0.29) is 36.1 Å². The molecule has 1 atom stereocenters. The number of carbonyl (C=O) groups excluding carboxylic acids is 4. The van der Waals surface area contributed by atoms with Crippen LogP contribution in [0.15, 0.2) is 102 Å². The first-order valence-electron chi connectivity index (χ1n) is 13.0. The van der Waals surface area contributed by atoms with Crippen LogP contribution in [0.4, 0.5) is 0 Å². The number of hydrogen-bond acceptors (Lipinski definition) is 4. The van der Waals surface area contributed by atoms with E-state index in [0.29, 0.717) is 41.9 Å². The standard InChI is InChI=1S/C32H28N4O4/c37-29-25-3-1-4-26(15-25)30(38)34-18-22-9-13-24(14-10-22)20-36-32(40)28-6-2-5-27(16-28)31(39)35-19-23-11-7-21(8-12-23)17-33-29/h1-13,15-16,22H,17-20H2,(H,33,37)(H,34,38)(H,35,39)(H,36,40). The van der Waals surface area contributed by atoms with Crippen molar-refractivity contribution in [3.8, 4) is 0 Å². The van der Waals surface area contributed by atoms with Crippen LogP contribution in [0.25, 0.3) is 0 Å². The van der Waals surface area contributed by atoms with Crippen LogP contribution in [0.5, 0.6) is 0 Å². The normalized spacial score (nSPS) is 17.9. The molecule has 3 aromatic rings. The van der Waals surface area contributed by atoms with Gasteiger partial charge in [-0.2, -0.15) is 0 Å². The molecule has 1 aliphatic carbocycles. The SMILES string of the molecule is O=C1NCC2=C=CC(C=C2)CNC(=O)c2cccc(c2)C(=O)NCc2ccc(cc2)CNC(=O)c2cccc1c2. The average molecular weight is 533 g/mol. The second kappa shape index (κ2) is 12.1. The molecule has 4 N–H and O–H groups in total. The van der Waals surface area contributed by atoms with Crippen molar-refractivity contribution in [1.29, 1.82) is 0 Å². The third kappa shape index (κ3) is 6.62. The molecular weight excluding hydrogens is 504 g/mol. The molecule has 0 saturated heterocycles. The summed E-state index contributed by atoms with van der Waals surface area (Å²) in [6, 6.07) is 20.7. The Balaban J connectivity index is 1.36. The van der Waals surface area contributed by atoms with Gasteiger partial charge in [-0.15, -0.1) is 5.73 Å². The molecule has 8 bridgehead atoms. The lowest BCUT2D eigenvalue weighted by atomic mass is 10.0. The third-order valence-electron chi connectivity index (χ3n) is 6.67. The topological polar surface area (TPSA) is 116 Å². The quantitative estimate of drug-likeness (QED) is 0.333. The molecule has 8 rings (SSSR count). The highest BCUT2D eigenvalue weighted by Gasteiger charge is 2.14. The Morgan fingerprint density at radius 1 is 0.575 bits per heavy atom. The van der Waals surface area contributed by atoms with E-state index in [1.807, 2.05) is 42.5 Å². The molecule has 1 unspecified atom stereocenters. The van der Waals surface area contributed by atoms with E-state index < -0.39 is 0 Å². The zero-order valence-corrected chi connectivity index (χ0v) is 21.7. The summed E-state index contributed by atoms with van der Waals surface area (Å²) in [5, 5.41) is 11.5. The number of hydrogen-bond donors (Lipinski definition) is 4. The fourth-order valence-corrected chi connectivity index (χ4v) is 4.33. The minimum absolute atomic E-state index is 0.0602. The Kier molecular flexibility index (Phi) is 7.99. The molecule has 0 fully saturated rings. The summed E-state index contributed by atoms with van der Waals surface area (Å²) >= 11 is 0. The molecule has 0 aromatic heterocycles. The fourth-order valence-electron chi connectivity index (χ4n) is 4.33. The molecule has 8 heteroatoms. The first-order chi connectivity index (χ1) is 19.4. The zero-order chi connectivity index (χ0) is 27.9. The van der Waals surface area contributed by atoms with Crippen molar-refractivity contribution in [2.24, 2.45) is 5.92 Å². The van der Waals surface area contributed by atoms with Crippen molar-refractivity contribution < 1.29 is 19.2 Å². The van der Waals surface area contributed by atoms with E-state index >= 15 is 0 Å². The molecule has 4 aliphatic heterocycles. The van der Waals surface area contributed by atoms with Gasteiger partial charge >= 0.3 is 0 Å². The molecule has 3 aromatic carbocycles. The van der Waals surface area contributed by atoms with Gasteiger partial charge in [-0.05, 0) is 53.6 Å². The summed E-state index contributed by atoms with van der Waals surface area (Å²) in [5.41, 5.74) is 7.29.